The molecule has 1 unspecified atom stereocenters. The maximum Gasteiger partial charge on any atom is 0.166 e. The summed E-state index contributed by atoms with van der Waals surface area (Å²) in [5, 5.41) is 0. The number of carbonyl (C=O) groups is 1. The molecule has 0 amide bonds. The van der Waals surface area contributed by atoms with Crippen molar-refractivity contribution in [3.63, 3.8) is 0 Å². The Morgan fingerprint density at radius 3 is 2.46 bits per heavy atom. The van der Waals surface area contributed by atoms with Gasteiger partial charge in [0, 0.05) is 54.8 Å². The number of halogens is 1. The van der Waals surface area contributed by atoms with Crippen molar-refractivity contribution in [3.05, 3.63) is 52.4 Å². The van der Waals surface area contributed by atoms with Gasteiger partial charge in [-0.05, 0) is 37.9 Å². The second kappa shape index (κ2) is 6.71. The van der Waals surface area contributed by atoms with Gasteiger partial charge in [0.25, 0.3) is 0 Å². The van der Waals surface area contributed by atoms with Gasteiger partial charge in [-0.15, -0.1) is 9.06 Å². The minimum atomic E-state index is -1.32. The van der Waals surface area contributed by atoms with Gasteiger partial charge < -0.3 is 4.90 Å². The minimum Gasteiger partial charge on any atom is -0.304 e. The molecule has 1 atom stereocenters. The van der Waals surface area contributed by atoms with Crippen LogP contribution in [0.25, 0.3) is 4.91 Å². The number of piperazine rings is 1. The Morgan fingerprint density at radius 2 is 1.85 bits per heavy atom. The molecule has 3 aliphatic heterocycles. The molecule has 0 aromatic heterocycles. The highest BCUT2D eigenvalue weighted by molar-refractivity contribution is 9.02. The molecule has 1 aromatic carbocycles. The number of hydrogen-bond donors (Lipinski definition) is 0. The van der Waals surface area contributed by atoms with Gasteiger partial charge in [0.1, 0.15) is 5.82 Å². The second-order valence-corrected chi connectivity index (χ2v) is 12.7. The first-order valence-electron chi connectivity index (χ1n) is 8.78. The lowest BCUT2D eigenvalue weighted by atomic mass is 10.2. The van der Waals surface area contributed by atoms with Crippen LogP contribution in [0.2, 0.25) is 0 Å². The third-order valence-corrected chi connectivity index (χ3v) is 10.5. The van der Waals surface area contributed by atoms with Crippen LogP contribution in [0.1, 0.15) is 12.5 Å². The number of Topliss-reactive ketones (excluding diaryl/α,β-unsaturated/α-hetero) is 1. The van der Waals surface area contributed by atoms with Crippen molar-refractivity contribution in [3.8, 4) is 0 Å². The van der Waals surface area contributed by atoms with Crippen molar-refractivity contribution in [2.45, 2.75) is 6.92 Å². The smallest absolute Gasteiger partial charge is 0.166 e. The second-order valence-electron chi connectivity index (χ2n) is 7.17. The lowest BCUT2D eigenvalue weighted by Gasteiger charge is -2.32. The van der Waals surface area contributed by atoms with Crippen LogP contribution in [0.3, 0.4) is 0 Å². The van der Waals surface area contributed by atoms with Gasteiger partial charge in [-0.3, -0.25) is 14.0 Å². The van der Waals surface area contributed by atoms with E-state index in [9.17, 15) is 9.18 Å². The van der Waals surface area contributed by atoms with Crippen LogP contribution >= 0.6 is 20.0 Å². The monoisotopic (exact) mass is 393 g/mol. The molecular formula is C19H24FN3OS2. The lowest BCUT2D eigenvalue weighted by Crippen LogP contribution is -2.44. The molecule has 3 aliphatic rings. The van der Waals surface area contributed by atoms with Crippen molar-refractivity contribution in [2.24, 2.45) is 0 Å². The molecule has 1 fully saturated rings. The zero-order chi connectivity index (χ0) is 18.5. The highest BCUT2D eigenvalue weighted by Crippen LogP contribution is 2.87. The van der Waals surface area contributed by atoms with Crippen LogP contribution in [0.15, 0.2) is 41.1 Å². The normalized spacial score (nSPS) is 28.6. The summed E-state index contributed by atoms with van der Waals surface area (Å²) < 4.78 is 15.5. The quantitative estimate of drug-likeness (QED) is 0.545. The maximum absolute atomic E-state index is 13.2. The number of benzene rings is 1. The summed E-state index contributed by atoms with van der Waals surface area (Å²) in [5.74, 6) is -0.109. The molecule has 0 saturated carbocycles. The van der Waals surface area contributed by atoms with E-state index in [1.54, 1.807) is 30.0 Å². The maximum atomic E-state index is 13.2. The van der Waals surface area contributed by atoms with E-state index < -0.39 is 9.06 Å². The van der Waals surface area contributed by atoms with E-state index in [2.05, 4.69) is 33.6 Å². The van der Waals surface area contributed by atoms with Gasteiger partial charge in [0.2, 0.25) is 0 Å². The van der Waals surface area contributed by atoms with Crippen LogP contribution in [0, 0.1) is 5.82 Å². The van der Waals surface area contributed by atoms with Gasteiger partial charge in [0.05, 0.1) is 10.6 Å². The third-order valence-electron chi connectivity index (χ3n) is 5.06. The molecule has 0 bridgehead atoms. The first kappa shape index (κ1) is 18.1. The molecule has 3 heterocycles. The number of ketones is 1. The van der Waals surface area contributed by atoms with Crippen LogP contribution in [0.4, 0.5) is 4.39 Å². The summed E-state index contributed by atoms with van der Waals surface area (Å²) in [5.41, 5.74) is 2.31. The molecular weight excluding hydrogens is 369 g/mol. The number of nitrogens with zero attached hydrogens (tertiary/aromatic N) is 3. The van der Waals surface area contributed by atoms with Gasteiger partial charge in [-0.2, -0.15) is 0 Å². The summed E-state index contributed by atoms with van der Waals surface area (Å²) in [6.07, 6.45) is 4.35. The van der Waals surface area contributed by atoms with E-state index in [1.807, 2.05) is 0 Å². The number of rotatable bonds is 6. The summed E-state index contributed by atoms with van der Waals surface area (Å²) in [4.78, 5) is 19.0. The first-order chi connectivity index (χ1) is 12.4. The zero-order valence-corrected chi connectivity index (χ0v) is 17.0. The molecule has 7 heteroatoms. The van der Waals surface area contributed by atoms with E-state index in [0.717, 1.165) is 48.1 Å². The average molecular weight is 394 g/mol. The highest BCUT2D eigenvalue weighted by Gasteiger charge is 2.51. The lowest BCUT2D eigenvalue weighted by molar-refractivity contribution is -0.112. The molecule has 26 heavy (non-hydrogen) atoms. The van der Waals surface area contributed by atoms with Gasteiger partial charge >= 0.3 is 0 Å². The van der Waals surface area contributed by atoms with E-state index in [4.69, 9.17) is 0 Å². The van der Waals surface area contributed by atoms with E-state index in [-0.39, 0.29) is 11.6 Å². The Kier molecular flexibility index (Phi) is 4.67. The molecule has 1 aromatic rings. The SMILES string of the molecule is CC(=O)C1=C(c2ccc(F)cc2)S1(C)SN1C=C1CN1CCN(C)CC1. The molecule has 0 N–H and O–H groups in total. The van der Waals surface area contributed by atoms with Gasteiger partial charge in [0.15, 0.2) is 5.78 Å². The predicted molar refractivity (Wildman–Crippen MR) is 109 cm³/mol. The Bertz CT molecular complexity index is 800. The van der Waals surface area contributed by atoms with E-state index in [0.29, 0.717) is 0 Å². The largest absolute Gasteiger partial charge is 0.304 e. The molecule has 0 spiro atoms. The Morgan fingerprint density at radius 1 is 1.19 bits per heavy atom. The Balaban J connectivity index is 1.38. The molecule has 0 radical (unpaired) electrons. The number of hydrogen-bond acceptors (Lipinski definition) is 5. The fourth-order valence-corrected chi connectivity index (χ4v) is 9.55. The van der Waals surface area contributed by atoms with Crippen molar-refractivity contribution in [1.29, 1.82) is 0 Å². The predicted octanol–water partition coefficient (Wildman–Crippen LogP) is 3.50. The van der Waals surface area contributed by atoms with Crippen molar-refractivity contribution >= 4 is 30.7 Å². The summed E-state index contributed by atoms with van der Waals surface area (Å²) in [6.45, 7) is 7.07. The molecule has 4 rings (SSSR count). The third kappa shape index (κ3) is 3.45. The molecule has 4 nitrogen and oxygen atoms in total. The van der Waals surface area contributed by atoms with Crippen LogP contribution < -0.4 is 0 Å². The molecule has 0 aliphatic carbocycles. The average Bonchev–Trinajstić information content (AvgIpc) is 3.47. The van der Waals surface area contributed by atoms with Gasteiger partial charge in [-0.1, -0.05) is 12.1 Å². The highest BCUT2D eigenvalue weighted by atomic mass is 33.2. The van der Waals surface area contributed by atoms with Crippen molar-refractivity contribution in [2.75, 3.05) is 46.0 Å². The Hall–Kier alpha value is -1.28. The Labute approximate surface area is 159 Å². The van der Waals surface area contributed by atoms with Crippen LogP contribution in [-0.4, -0.2) is 65.9 Å². The number of likely N-dealkylation sites (N-methyl/N-ethyl adjacent to an activating group) is 1. The molecule has 1 saturated heterocycles. The number of carbonyl (C=O) groups excluding carboxylic acids is 1. The standard InChI is InChI=1S/C19H24FN3OS2/c1-14(24)18-19(15-4-6-16(20)7-5-15)26(18,3)25-23-13-17(23)12-22-10-8-21(2)9-11-22/h4-7,13H,8-12H2,1-3H3. The first-order valence-corrected chi connectivity index (χ1v) is 12.1. The van der Waals surface area contributed by atoms with E-state index >= 15 is 0 Å². The fraction of sp³-hybridized carbons (Fsp3) is 0.421. The fourth-order valence-electron chi connectivity index (χ4n) is 3.43. The zero-order valence-electron chi connectivity index (χ0n) is 15.4. The molecule has 140 valence electrons. The van der Waals surface area contributed by atoms with E-state index in [1.165, 1.54) is 17.8 Å². The summed E-state index contributed by atoms with van der Waals surface area (Å²) >= 11 is 0. The van der Waals surface area contributed by atoms with Crippen molar-refractivity contribution < 1.29 is 9.18 Å². The number of allylic oxidation sites excluding steroid dienone is 1. The van der Waals surface area contributed by atoms with Crippen LogP contribution in [-0.2, 0) is 4.79 Å². The topological polar surface area (TPSA) is 26.6 Å². The summed E-state index contributed by atoms with van der Waals surface area (Å²) in [7, 11) is 2.62. The minimum absolute atomic E-state index is 0.136. The summed E-state index contributed by atoms with van der Waals surface area (Å²) in [6, 6.07) is 6.51. The van der Waals surface area contributed by atoms with Crippen LogP contribution in [0.5, 0.6) is 0 Å². The van der Waals surface area contributed by atoms with Crippen molar-refractivity contribution in [1.82, 2.24) is 14.1 Å². The van der Waals surface area contributed by atoms with Gasteiger partial charge in [-0.25, -0.2) is 4.39 Å².